The molecule has 0 radical (unpaired) electrons. The summed E-state index contributed by atoms with van der Waals surface area (Å²) in [7, 11) is 0. The molecule has 0 N–H and O–H groups in total. The highest BCUT2D eigenvalue weighted by Crippen LogP contribution is 2.44. The molecule has 5 nitrogen and oxygen atoms in total. The van der Waals surface area contributed by atoms with Gasteiger partial charge in [0.1, 0.15) is 22.4 Å². The van der Waals surface area contributed by atoms with Crippen molar-refractivity contribution in [2.24, 2.45) is 0 Å². The third kappa shape index (κ3) is 3.70. The summed E-state index contributed by atoms with van der Waals surface area (Å²) in [5.41, 5.74) is 9.83. The number of nitrogens with zero attached hydrogens (tertiary/aromatic N) is 3. The molecule has 0 bridgehead atoms. The molecule has 0 aliphatic carbocycles. The highest BCUT2D eigenvalue weighted by atomic mass is 16.3. The second-order valence-corrected chi connectivity index (χ2v) is 12.5. The van der Waals surface area contributed by atoms with Crippen molar-refractivity contribution in [3.63, 3.8) is 0 Å². The Balaban J connectivity index is 1.23. The minimum absolute atomic E-state index is 0.624. The largest absolute Gasteiger partial charge is 0.454 e. The minimum Gasteiger partial charge on any atom is -0.454 e. The summed E-state index contributed by atoms with van der Waals surface area (Å²) in [5, 5.41) is 7.69. The Labute approximate surface area is 279 Å². The zero-order valence-electron chi connectivity index (χ0n) is 26.1. The third-order valence-electron chi connectivity index (χ3n) is 9.81. The van der Waals surface area contributed by atoms with Gasteiger partial charge in [-0.3, -0.25) is 0 Å². The van der Waals surface area contributed by atoms with Crippen LogP contribution >= 0.6 is 0 Å². The molecular weight excluding hydrogens is 603 g/mol. The Kier molecular flexibility index (Phi) is 5.32. The van der Waals surface area contributed by atoms with Crippen LogP contribution < -0.4 is 0 Å². The second kappa shape index (κ2) is 9.89. The van der Waals surface area contributed by atoms with Gasteiger partial charge in [-0.1, -0.05) is 115 Å². The molecule has 4 aromatic heterocycles. The first-order chi connectivity index (χ1) is 24.3. The average Bonchev–Trinajstić information content (AvgIpc) is 3.84. The molecule has 0 aliphatic rings. The highest BCUT2D eigenvalue weighted by molar-refractivity contribution is 6.23. The van der Waals surface area contributed by atoms with Crippen molar-refractivity contribution in [3.8, 4) is 28.3 Å². The Bertz CT molecular complexity index is 3060. The SMILES string of the molecule is c1ccc(-c2nc(-c3cc4oc5c(-n6c7ccccc7c7ccccc76)cccc5c4c4ccccc34)nc3c2oc2ccccc23)cc1. The van der Waals surface area contributed by atoms with Crippen molar-refractivity contribution in [1.29, 1.82) is 0 Å². The van der Waals surface area contributed by atoms with Gasteiger partial charge in [0, 0.05) is 38.1 Å². The van der Waals surface area contributed by atoms with Gasteiger partial charge in [0.2, 0.25) is 0 Å². The van der Waals surface area contributed by atoms with Crippen LogP contribution in [0.1, 0.15) is 0 Å². The standard InChI is InChI=1S/C44H25N3O2/c1-2-13-26(14-3-1)40-43-41(31-19-8-11-24-37(31)48-43)46-44(45-40)33-25-38-39(30-18-5-4-15-27(30)33)32-20-12-23-36(42(32)49-38)47-34-21-9-6-16-28(34)29-17-7-10-22-35(29)47/h1-25H. The number of para-hydroxylation sites is 4. The molecule has 0 spiro atoms. The van der Waals surface area contributed by atoms with Gasteiger partial charge in [0.15, 0.2) is 17.0 Å². The first-order valence-electron chi connectivity index (χ1n) is 16.4. The number of rotatable bonds is 3. The van der Waals surface area contributed by atoms with Crippen LogP contribution in [0, 0.1) is 0 Å². The van der Waals surface area contributed by atoms with E-state index in [9.17, 15) is 0 Å². The Morgan fingerprint density at radius 3 is 1.84 bits per heavy atom. The van der Waals surface area contributed by atoms with E-state index in [0.717, 1.165) is 82.7 Å². The van der Waals surface area contributed by atoms with E-state index in [1.54, 1.807) is 0 Å². The number of benzene rings is 7. The maximum atomic E-state index is 6.94. The number of furan rings is 2. The first kappa shape index (κ1) is 26.4. The molecule has 0 saturated carbocycles. The molecule has 11 rings (SSSR count). The van der Waals surface area contributed by atoms with Crippen LogP contribution in [-0.4, -0.2) is 14.5 Å². The second-order valence-electron chi connectivity index (χ2n) is 12.5. The summed E-state index contributed by atoms with van der Waals surface area (Å²) in [4.78, 5) is 10.4. The molecule has 0 amide bonds. The zero-order valence-corrected chi connectivity index (χ0v) is 26.1. The summed E-state index contributed by atoms with van der Waals surface area (Å²) >= 11 is 0. The molecule has 0 unspecified atom stereocenters. The van der Waals surface area contributed by atoms with Crippen molar-refractivity contribution in [3.05, 3.63) is 152 Å². The lowest BCUT2D eigenvalue weighted by Crippen LogP contribution is -1.95. The zero-order chi connectivity index (χ0) is 32.1. The topological polar surface area (TPSA) is 57.0 Å². The van der Waals surface area contributed by atoms with E-state index in [0.29, 0.717) is 11.4 Å². The van der Waals surface area contributed by atoms with Gasteiger partial charge in [0.05, 0.1) is 16.7 Å². The van der Waals surface area contributed by atoms with Crippen molar-refractivity contribution < 1.29 is 8.83 Å². The van der Waals surface area contributed by atoms with Crippen molar-refractivity contribution in [2.45, 2.75) is 0 Å². The van der Waals surface area contributed by atoms with Gasteiger partial charge in [-0.05, 0) is 47.2 Å². The lowest BCUT2D eigenvalue weighted by molar-refractivity contribution is 0.666. The van der Waals surface area contributed by atoms with Crippen LogP contribution in [0.5, 0.6) is 0 Å². The lowest BCUT2D eigenvalue weighted by Gasteiger charge is -2.10. The molecule has 0 aliphatic heterocycles. The predicted octanol–water partition coefficient (Wildman–Crippen LogP) is 11.9. The van der Waals surface area contributed by atoms with Crippen molar-refractivity contribution in [2.75, 3.05) is 0 Å². The average molecular weight is 628 g/mol. The van der Waals surface area contributed by atoms with E-state index in [2.05, 4.69) is 120 Å². The lowest BCUT2D eigenvalue weighted by atomic mass is 9.98. The number of fused-ring (bicyclic) bond motifs is 11. The Hall–Kier alpha value is -6.72. The molecule has 11 aromatic rings. The molecule has 7 aromatic carbocycles. The van der Waals surface area contributed by atoms with E-state index in [-0.39, 0.29) is 0 Å². The monoisotopic (exact) mass is 627 g/mol. The van der Waals surface area contributed by atoms with Gasteiger partial charge in [-0.15, -0.1) is 0 Å². The molecule has 0 atom stereocenters. The highest BCUT2D eigenvalue weighted by Gasteiger charge is 2.23. The smallest absolute Gasteiger partial charge is 0.180 e. The molecule has 228 valence electrons. The summed E-state index contributed by atoms with van der Waals surface area (Å²) in [6.45, 7) is 0. The minimum atomic E-state index is 0.624. The van der Waals surface area contributed by atoms with E-state index < -0.39 is 0 Å². The molecule has 0 fully saturated rings. The Morgan fingerprint density at radius 2 is 1.06 bits per heavy atom. The number of aromatic nitrogens is 3. The van der Waals surface area contributed by atoms with Crippen molar-refractivity contribution >= 4 is 76.6 Å². The molecule has 5 heteroatoms. The summed E-state index contributed by atoms with van der Waals surface area (Å²) < 4.78 is 15.7. The molecule has 4 heterocycles. The van der Waals surface area contributed by atoms with Gasteiger partial charge in [0.25, 0.3) is 0 Å². The normalized spacial score (nSPS) is 12.1. The summed E-state index contributed by atoms with van der Waals surface area (Å²) in [6.07, 6.45) is 0. The van der Waals surface area contributed by atoms with E-state index in [1.807, 2.05) is 36.4 Å². The molecule has 0 saturated heterocycles. The van der Waals surface area contributed by atoms with Crippen molar-refractivity contribution in [1.82, 2.24) is 14.5 Å². The van der Waals surface area contributed by atoms with Crippen LogP contribution in [0.25, 0.3) is 105 Å². The van der Waals surface area contributed by atoms with E-state index in [4.69, 9.17) is 18.8 Å². The number of hydrogen-bond acceptors (Lipinski definition) is 4. The van der Waals surface area contributed by atoms with Crippen LogP contribution in [0.3, 0.4) is 0 Å². The van der Waals surface area contributed by atoms with Gasteiger partial charge < -0.3 is 13.4 Å². The van der Waals surface area contributed by atoms with E-state index in [1.165, 1.54) is 10.8 Å². The van der Waals surface area contributed by atoms with Crippen LogP contribution in [0.4, 0.5) is 0 Å². The van der Waals surface area contributed by atoms with Gasteiger partial charge in [-0.2, -0.15) is 0 Å². The predicted molar refractivity (Wildman–Crippen MR) is 199 cm³/mol. The third-order valence-corrected chi connectivity index (χ3v) is 9.81. The van der Waals surface area contributed by atoms with E-state index >= 15 is 0 Å². The Morgan fingerprint density at radius 1 is 0.449 bits per heavy atom. The fourth-order valence-corrected chi connectivity index (χ4v) is 7.69. The van der Waals surface area contributed by atoms with Crippen LogP contribution in [0.2, 0.25) is 0 Å². The molecular formula is C44H25N3O2. The quantitative estimate of drug-likeness (QED) is 0.196. The fourth-order valence-electron chi connectivity index (χ4n) is 7.69. The maximum Gasteiger partial charge on any atom is 0.180 e. The molecule has 49 heavy (non-hydrogen) atoms. The summed E-state index contributed by atoms with van der Waals surface area (Å²) in [5.74, 6) is 0.624. The summed E-state index contributed by atoms with van der Waals surface area (Å²) in [6, 6.07) is 52.4. The van der Waals surface area contributed by atoms with Crippen LogP contribution in [0.15, 0.2) is 160 Å². The maximum absolute atomic E-state index is 6.94. The fraction of sp³-hybridized carbons (Fsp3) is 0. The first-order valence-corrected chi connectivity index (χ1v) is 16.4. The van der Waals surface area contributed by atoms with Crippen LogP contribution in [-0.2, 0) is 0 Å². The van der Waals surface area contributed by atoms with Gasteiger partial charge in [-0.25, -0.2) is 9.97 Å². The number of hydrogen-bond donors (Lipinski definition) is 0. The van der Waals surface area contributed by atoms with Gasteiger partial charge >= 0.3 is 0 Å².